The van der Waals surface area contributed by atoms with Gasteiger partial charge < -0.3 is 15.0 Å². The van der Waals surface area contributed by atoms with Crippen LogP contribution in [0.4, 0.5) is 0 Å². The van der Waals surface area contributed by atoms with E-state index in [4.69, 9.17) is 4.74 Å². The van der Waals surface area contributed by atoms with Crippen LogP contribution in [0.25, 0.3) is 0 Å². The molecule has 1 saturated carbocycles. The zero-order chi connectivity index (χ0) is 21.1. The Morgan fingerprint density at radius 3 is 2.43 bits per heavy atom. The lowest BCUT2D eigenvalue weighted by atomic mass is 9.96. The second kappa shape index (κ2) is 8.90. The van der Waals surface area contributed by atoms with E-state index in [2.05, 4.69) is 11.4 Å². The third kappa shape index (κ3) is 4.84. The van der Waals surface area contributed by atoms with Gasteiger partial charge in [0.2, 0.25) is 0 Å². The number of hydrogen-bond acceptors (Lipinski definition) is 3. The zero-order valence-corrected chi connectivity index (χ0v) is 17.8. The first-order valence-corrected chi connectivity index (χ1v) is 10.9. The van der Waals surface area contributed by atoms with Crippen molar-refractivity contribution in [3.63, 3.8) is 0 Å². The van der Waals surface area contributed by atoms with Crippen molar-refractivity contribution in [1.29, 1.82) is 0 Å². The van der Waals surface area contributed by atoms with Crippen molar-refractivity contribution in [2.75, 3.05) is 19.7 Å². The molecule has 0 atom stereocenters. The van der Waals surface area contributed by atoms with Gasteiger partial charge in [-0.2, -0.15) is 0 Å². The van der Waals surface area contributed by atoms with Crippen molar-refractivity contribution in [2.45, 2.75) is 45.6 Å². The molecule has 4 rings (SSSR count). The van der Waals surface area contributed by atoms with Crippen molar-refractivity contribution in [2.24, 2.45) is 5.92 Å². The molecule has 0 radical (unpaired) electrons. The van der Waals surface area contributed by atoms with E-state index in [1.54, 1.807) is 0 Å². The second-order valence-corrected chi connectivity index (χ2v) is 8.61. The zero-order valence-electron chi connectivity index (χ0n) is 17.8. The fraction of sp³-hybridized carbons (Fsp3) is 0.440. The number of nitrogens with one attached hydrogen (secondary N) is 1. The van der Waals surface area contributed by atoms with Gasteiger partial charge in [0.05, 0.1) is 12.2 Å². The third-order valence-electron chi connectivity index (χ3n) is 6.03. The van der Waals surface area contributed by atoms with Gasteiger partial charge in [0.25, 0.3) is 11.8 Å². The number of nitrogens with zero attached hydrogens (tertiary/aromatic N) is 1. The minimum Gasteiger partial charge on any atom is -0.492 e. The van der Waals surface area contributed by atoms with Crippen LogP contribution in [0, 0.1) is 19.8 Å². The van der Waals surface area contributed by atoms with Crippen LogP contribution in [0.1, 0.15) is 57.5 Å². The molecular formula is C25H30N2O3. The van der Waals surface area contributed by atoms with E-state index in [9.17, 15) is 9.59 Å². The molecule has 5 nitrogen and oxygen atoms in total. The number of hydrogen-bond donors (Lipinski definition) is 1. The van der Waals surface area contributed by atoms with Gasteiger partial charge in [-0.15, -0.1) is 0 Å². The first-order valence-electron chi connectivity index (χ1n) is 10.9. The molecule has 30 heavy (non-hydrogen) atoms. The van der Waals surface area contributed by atoms with Crippen LogP contribution in [0.3, 0.4) is 0 Å². The Bertz CT molecular complexity index is 928. The summed E-state index contributed by atoms with van der Waals surface area (Å²) in [6.45, 7) is 6.09. The number of piperidine rings is 1. The molecular weight excluding hydrogens is 376 g/mol. The van der Waals surface area contributed by atoms with Crippen LogP contribution in [0.2, 0.25) is 0 Å². The third-order valence-corrected chi connectivity index (χ3v) is 6.03. The van der Waals surface area contributed by atoms with E-state index < -0.39 is 0 Å². The number of aryl methyl sites for hydroxylation is 2. The van der Waals surface area contributed by atoms with Gasteiger partial charge in [0.15, 0.2) is 0 Å². The topological polar surface area (TPSA) is 58.6 Å². The number of rotatable bonds is 6. The SMILES string of the molecule is Cc1ccc(C(=O)N2CCC(COc3ccccc3C(=O)NC3CC3)CC2)c(C)c1. The van der Waals surface area contributed by atoms with E-state index in [1.165, 1.54) is 5.56 Å². The molecule has 2 amide bonds. The Labute approximate surface area is 178 Å². The molecule has 1 heterocycles. The molecule has 2 aromatic carbocycles. The van der Waals surface area contributed by atoms with Crippen LogP contribution < -0.4 is 10.1 Å². The molecule has 2 aliphatic rings. The molecule has 2 aromatic rings. The predicted octanol–water partition coefficient (Wildman–Crippen LogP) is 4.13. The number of para-hydroxylation sites is 1. The minimum absolute atomic E-state index is 0.0537. The minimum atomic E-state index is -0.0537. The van der Waals surface area contributed by atoms with Crippen LogP contribution in [0.5, 0.6) is 5.75 Å². The number of benzene rings is 2. The molecule has 0 unspecified atom stereocenters. The summed E-state index contributed by atoms with van der Waals surface area (Å²) in [7, 11) is 0. The molecule has 2 fully saturated rings. The van der Waals surface area contributed by atoms with E-state index in [0.29, 0.717) is 29.9 Å². The molecule has 1 aliphatic heterocycles. The highest BCUT2D eigenvalue weighted by Gasteiger charge is 2.27. The highest BCUT2D eigenvalue weighted by Crippen LogP contribution is 2.25. The summed E-state index contributed by atoms with van der Waals surface area (Å²) in [6.07, 6.45) is 3.95. The molecule has 0 bridgehead atoms. The second-order valence-electron chi connectivity index (χ2n) is 8.61. The van der Waals surface area contributed by atoms with Crippen LogP contribution in [-0.4, -0.2) is 42.5 Å². The van der Waals surface area contributed by atoms with Gasteiger partial charge in [-0.3, -0.25) is 9.59 Å². The molecule has 0 spiro atoms. The number of carbonyl (C=O) groups is 2. The van der Waals surface area contributed by atoms with Crippen molar-refractivity contribution < 1.29 is 14.3 Å². The summed E-state index contributed by atoms with van der Waals surface area (Å²) in [5.74, 6) is 1.09. The molecule has 158 valence electrons. The standard InChI is InChI=1S/C25H30N2O3/c1-17-7-10-21(18(2)15-17)25(29)27-13-11-19(12-14-27)16-30-23-6-4-3-5-22(23)24(28)26-20-8-9-20/h3-7,10,15,19-20H,8-9,11-14,16H2,1-2H3,(H,26,28). The maximum absolute atomic E-state index is 12.9. The smallest absolute Gasteiger partial charge is 0.255 e. The molecule has 1 N–H and O–H groups in total. The number of likely N-dealkylation sites (tertiary alicyclic amines) is 1. The number of ether oxygens (including phenoxy) is 1. The highest BCUT2D eigenvalue weighted by atomic mass is 16.5. The van der Waals surface area contributed by atoms with E-state index in [-0.39, 0.29) is 11.8 Å². The first kappa shape index (κ1) is 20.5. The largest absolute Gasteiger partial charge is 0.492 e. The summed E-state index contributed by atoms with van der Waals surface area (Å²) in [5, 5.41) is 3.03. The normalized spacial score (nSPS) is 16.9. The molecule has 1 saturated heterocycles. The summed E-state index contributed by atoms with van der Waals surface area (Å²) >= 11 is 0. The monoisotopic (exact) mass is 406 g/mol. The van der Waals surface area contributed by atoms with Gasteiger partial charge in [0.1, 0.15) is 5.75 Å². The molecule has 1 aliphatic carbocycles. The average molecular weight is 407 g/mol. The highest BCUT2D eigenvalue weighted by molar-refractivity contribution is 5.97. The van der Waals surface area contributed by atoms with Crippen molar-refractivity contribution in [3.8, 4) is 5.75 Å². The van der Waals surface area contributed by atoms with Crippen molar-refractivity contribution in [1.82, 2.24) is 10.2 Å². The Balaban J connectivity index is 1.30. The van der Waals surface area contributed by atoms with E-state index in [0.717, 1.165) is 49.9 Å². The Hall–Kier alpha value is -2.82. The average Bonchev–Trinajstić information content (AvgIpc) is 3.56. The van der Waals surface area contributed by atoms with Crippen LogP contribution in [-0.2, 0) is 0 Å². The van der Waals surface area contributed by atoms with Gasteiger partial charge in [-0.1, -0.05) is 29.8 Å². The first-order chi connectivity index (χ1) is 14.5. The fourth-order valence-electron chi connectivity index (χ4n) is 4.01. The maximum Gasteiger partial charge on any atom is 0.255 e. The maximum atomic E-state index is 12.9. The quantitative estimate of drug-likeness (QED) is 0.785. The van der Waals surface area contributed by atoms with E-state index >= 15 is 0 Å². The fourth-order valence-corrected chi connectivity index (χ4v) is 4.01. The predicted molar refractivity (Wildman–Crippen MR) is 117 cm³/mol. The van der Waals surface area contributed by atoms with Crippen LogP contribution in [0.15, 0.2) is 42.5 Å². The van der Waals surface area contributed by atoms with Crippen LogP contribution >= 0.6 is 0 Å². The summed E-state index contributed by atoms with van der Waals surface area (Å²) in [6, 6.07) is 13.8. The Morgan fingerprint density at radius 1 is 1.00 bits per heavy atom. The van der Waals surface area contributed by atoms with Gasteiger partial charge in [-0.05, 0) is 69.2 Å². The van der Waals surface area contributed by atoms with Gasteiger partial charge >= 0.3 is 0 Å². The number of amides is 2. The lowest BCUT2D eigenvalue weighted by molar-refractivity contribution is 0.0658. The Kier molecular flexibility index (Phi) is 6.07. The number of carbonyl (C=O) groups excluding carboxylic acids is 2. The Morgan fingerprint density at radius 2 is 1.73 bits per heavy atom. The molecule has 0 aromatic heterocycles. The summed E-state index contributed by atoms with van der Waals surface area (Å²) in [5.41, 5.74) is 3.61. The van der Waals surface area contributed by atoms with Gasteiger partial charge in [-0.25, -0.2) is 0 Å². The van der Waals surface area contributed by atoms with Crippen molar-refractivity contribution in [3.05, 3.63) is 64.7 Å². The summed E-state index contributed by atoms with van der Waals surface area (Å²) in [4.78, 5) is 27.3. The lowest BCUT2D eigenvalue weighted by Crippen LogP contribution is -2.40. The molecule has 5 heteroatoms. The lowest BCUT2D eigenvalue weighted by Gasteiger charge is -2.32. The summed E-state index contributed by atoms with van der Waals surface area (Å²) < 4.78 is 6.05. The van der Waals surface area contributed by atoms with Crippen molar-refractivity contribution >= 4 is 11.8 Å². The van der Waals surface area contributed by atoms with E-state index in [1.807, 2.05) is 55.1 Å². The van der Waals surface area contributed by atoms with Gasteiger partial charge in [0, 0.05) is 24.7 Å².